The molecule has 0 spiro atoms. The number of anilines is 1. The van der Waals surface area contributed by atoms with E-state index in [2.05, 4.69) is 17.5 Å². The maximum Gasteiger partial charge on any atom is 0.337 e. The number of aryl methyl sites for hydroxylation is 1. The molecule has 138 valence electrons. The number of esters is 1. The van der Waals surface area contributed by atoms with E-state index in [1.807, 2.05) is 19.1 Å². The Morgan fingerprint density at radius 3 is 2.63 bits per heavy atom. The average Bonchev–Trinajstić information content (AvgIpc) is 3.17. The first-order valence-electron chi connectivity index (χ1n) is 8.90. The van der Waals surface area contributed by atoms with Gasteiger partial charge in [-0.1, -0.05) is 30.4 Å². The predicted molar refractivity (Wildman–Crippen MR) is 102 cm³/mol. The van der Waals surface area contributed by atoms with Gasteiger partial charge in [0.25, 0.3) is 5.69 Å². The molecule has 2 aliphatic rings. The van der Waals surface area contributed by atoms with Crippen LogP contribution in [0.5, 0.6) is 0 Å². The third-order valence-electron chi connectivity index (χ3n) is 5.59. The number of nitrogens with zero attached hydrogens (tertiary/aromatic N) is 1. The third-order valence-corrected chi connectivity index (χ3v) is 5.59. The molecule has 0 radical (unpaired) electrons. The zero-order chi connectivity index (χ0) is 19.1. The van der Waals surface area contributed by atoms with Gasteiger partial charge in [-0.15, -0.1) is 0 Å². The maximum absolute atomic E-state index is 11.7. The number of ether oxygens (including phenoxy) is 1. The molecule has 6 heteroatoms. The zero-order valence-corrected chi connectivity index (χ0v) is 15.1. The van der Waals surface area contributed by atoms with Crippen LogP contribution in [0.1, 0.15) is 45.4 Å². The summed E-state index contributed by atoms with van der Waals surface area (Å²) in [5.41, 5.74) is 4.35. The monoisotopic (exact) mass is 364 g/mol. The van der Waals surface area contributed by atoms with Gasteiger partial charge < -0.3 is 10.1 Å². The number of nitro benzene ring substituents is 1. The molecule has 1 heterocycles. The van der Waals surface area contributed by atoms with Crippen molar-refractivity contribution in [2.24, 2.45) is 5.92 Å². The van der Waals surface area contributed by atoms with Gasteiger partial charge in [0.2, 0.25) is 0 Å². The van der Waals surface area contributed by atoms with Crippen LogP contribution >= 0.6 is 0 Å². The second-order valence-electron chi connectivity index (χ2n) is 7.04. The van der Waals surface area contributed by atoms with E-state index in [1.54, 1.807) is 24.3 Å². The molecule has 2 aromatic carbocycles. The van der Waals surface area contributed by atoms with Crippen molar-refractivity contribution in [3.63, 3.8) is 0 Å². The van der Waals surface area contributed by atoms with Crippen molar-refractivity contribution in [2.75, 3.05) is 12.4 Å². The Hall–Kier alpha value is -3.15. The van der Waals surface area contributed by atoms with E-state index >= 15 is 0 Å². The third kappa shape index (κ3) is 2.77. The molecular formula is C21H20N2O4. The molecule has 27 heavy (non-hydrogen) atoms. The summed E-state index contributed by atoms with van der Waals surface area (Å²) in [7, 11) is 1.36. The minimum Gasteiger partial charge on any atom is -0.465 e. The van der Waals surface area contributed by atoms with E-state index in [4.69, 9.17) is 4.74 Å². The smallest absolute Gasteiger partial charge is 0.337 e. The van der Waals surface area contributed by atoms with Gasteiger partial charge in [-0.3, -0.25) is 10.1 Å². The summed E-state index contributed by atoms with van der Waals surface area (Å²) in [5, 5.41) is 15.1. The number of hydrogen-bond donors (Lipinski definition) is 1. The van der Waals surface area contributed by atoms with Crippen LogP contribution < -0.4 is 5.32 Å². The van der Waals surface area contributed by atoms with E-state index in [1.165, 1.54) is 7.11 Å². The van der Waals surface area contributed by atoms with Gasteiger partial charge in [-0.25, -0.2) is 4.79 Å². The predicted octanol–water partition coefficient (Wildman–Crippen LogP) is 4.52. The fraction of sp³-hybridized carbons (Fsp3) is 0.286. The lowest BCUT2D eigenvalue weighted by Gasteiger charge is -2.38. The fourth-order valence-corrected chi connectivity index (χ4v) is 4.27. The van der Waals surface area contributed by atoms with Crippen molar-refractivity contribution in [3.05, 3.63) is 80.9 Å². The lowest BCUT2D eigenvalue weighted by atomic mass is 9.75. The first-order chi connectivity index (χ1) is 13.0. The van der Waals surface area contributed by atoms with E-state index in [9.17, 15) is 14.9 Å². The molecular weight excluding hydrogens is 344 g/mol. The average molecular weight is 364 g/mol. The summed E-state index contributed by atoms with van der Waals surface area (Å²) in [4.78, 5) is 22.9. The Balaban J connectivity index is 1.77. The zero-order valence-electron chi connectivity index (χ0n) is 15.1. The fourth-order valence-electron chi connectivity index (χ4n) is 4.27. The second kappa shape index (κ2) is 6.54. The molecule has 0 fully saturated rings. The largest absolute Gasteiger partial charge is 0.465 e. The van der Waals surface area contributed by atoms with Gasteiger partial charge in [-0.05, 0) is 42.5 Å². The standard InChI is InChI=1S/C21H20N2O4/c1-12-6-11-17(23(25)26)18-15-4-3-5-16(15)20(22-19(12)18)13-7-9-14(10-8-13)21(24)27-2/h3-4,6-11,15-16,20,22H,5H2,1-2H3/t15-,16+,20-/m1/s1. The molecule has 0 bridgehead atoms. The number of rotatable bonds is 3. The molecule has 6 nitrogen and oxygen atoms in total. The number of fused-ring (bicyclic) bond motifs is 3. The summed E-state index contributed by atoms with van der Waals surface area (Å²) < 4.78 is 4.76. The van der Waals surface area contributed by atoms with Crippen molar-refractivity contribution >= 4 is 17.3 Å². The quantitative estimate of drug-likeness (QED) is 0.375. The summed E-state index contributed by atoms with van der Waals surface area (Å²) in [6.45, 7) is 1.96. The Morgan fingerprint density at radius 1 is 1.22 bits per heavy atom. The van der Waals surface area contributed by atoms with Crippen LogP contribution in [0.25, 0.3) is 0 Å². The summed E-state index contributed by atoms with van der Waals surface area (Å²) in [5.74, 6) is -0.163. The molecule has 2 aromatic rings. The molecule has 0 saturated carbocycles. The van der Waals surface area contributed by atoms with Gasteiger partial charge in [0.1, 0.15) is 0 Å². The highest BCUT2D eigenvalue weighted by Crippen LogP contribution is 2.53. The first-order valence-corrected chi connectivity index (χ1v) is 8.90. The van der Waals surface area contributed by atoms with Crippen LogP contribution in [-0.2, 0) is 4.74 Å². The summed E-state index contributed by atoms with van der Waals surface area (Å²) >= 11 is 0. The molecule has 0 unspecified atom stereocenters. The second-order valence-corrected chi connectivity index (χ2v) is 7.04. The van der Waals surface area contributed by atoms with Crippen LogP contribution in [0.4, 0.5) is 11.4 Å². The van der Waals surface area contributed by atoms with Crippen LogP contribution in [-0.4, -0.2) is 18.0 Å². The summed E-state index contributed by atoms with van der Waals surface area (Å²) in [6.07, 6.45) is 5.05. The minimum absolute atomic E-state index is 0.00633. The van der Waals surface area contributed by atoms with E-state index in [-0.39, 0.29) is 34.5 Å². The van der Waals surface area contributed by atoms with Gasteiger partial charge in [0.15, 0.2) is 0 Å². The molecule has 0 saturated heterocycles. The number of carbonyl (C=O) groups excluding carboxylic acids is 1. The minimum atomic E-state index is -0.365. The first kappa shape index (κ1) is 17.3. The highest BCUT2D eigenvalue weighted by atomic mass is 16.6. The molecule has 0 amide bonds. The van der Waals surface area contributed by atoms with Crippen LogP contribution in [0.3, 0.4) is 0 Å². The van der Waals surface area contributed by atoms with Crippen molar-refractivity contribution in [3.8, 4) is 0 Å². The molecule has 1 N–H and O–H groups in total. The number of carbonyl (C=O) groups is 1. The highest BCUT2D eigenvalue weighted by molar-refractivity contribution is 5.89. The van der Waals surface area contributed by atoms with Crippen LogP contribution in [0.15, 0.2) is 48.6 Å². The van der Waals surface area contributed by atoms with Gasteiger partial charge in [-0.2, -0.15) is 0 Å². The number of methoxy groups -OCH3 is 1. The Labute approximate surface area is 157 Å². The van der Waals surface area contributed by atoms with Gasteiger partial charge in [0.05, 0.1) is 29.2 Å². The lowest BCUT2D eigenvalue weighted by molar-refractivity contribution is -0.385. The Kier molecular flexibility index (Phi) is 4.18. The van der Waals surface area contributed by atoms with Crippen molar-refractivity contribution in [1.82, 2.24) is 0 Å². The van der Waals surface area contributed by atoms with Gasteiger partial charge in [0, 0.05) is 17.7 Å². The lowest BCUT2D eigenvalue weighted by Crippen LogP contribution is -2.30. The van der Waals surface area contributed by atoms with E-state index in [0.717, 1.165) is 28.8 Å². The number of nitro groups is 1. The highest BCUT2D eigenvalue weighted by Gasteiger charge is 2.42. The maximum atomic E-state index is 11.7. The molecule has 1 aliphatic heterocycles. The Morgan fingerprint density at radius 2 is 1.96 bits per heavy atom. The molecule has 3 atom stereocenters. The number of allylic oxidation sites excluding steroid dienone is 2. The van der Waals surface area contributed by atoms with Gasteiger partial charge >= 0.3 is 5.97 Å². The molecule has 4 rings (SSSR count). The number of nitrogens with one attached hydrogen (secondary N) is 1. The van der Waals surface area contributed by atoms with Crippen molar-refractivity contribution in [1.29, 1.82) is 0 Å². The molecule has 1 aliphatic carbocycles. The van der Waals surface area contributed by atoms with Crippen LogP contribution in [0.2, 0.25) is 0 Å². The van der Waals surface area contributed by atoms with E-state index in [0.29, 0.717) is 5.56 Å². The topological polar surface area (TPSA) is 81.5 Å². The van der Waals surface area contributed by atoms with Crippen molar-refractivity contribution in [2.45, 2.75) is 25.3 Å². The number of hydrogen-bond acceptors (Lipinski definition) is 5. The van der Waals surface area contributed by atoms with Crippen molar-refractivity contribution < 1.29 is 14.5 Å². The normalized spacial score (nSPS) is 22.5. The number of benzene rings is 2. The van der Waals surface area contributed by atoms with Crippen LogP contribution in [0, 0.1) is 23.0 Å². The Bertz CT molecular complexity index is 949. The van der Waals surface area contributed by atoms with E-state index < -0.39 is 0 Å². The molecule has 0 aromatic heterocycles. The SMILES string of the molecule is COC(=O)c1ccc([C@H]2Nc3c(C)ccc([N+](=O)[O-])c3[C@@H]3C=CC[C@H]23)cc1. The summed E-state index contributed by atoms with van der Waals surface area (Å²) in [6, 6.07) is 10.8.